The third-order valence-corrected chi connectivity index (χ3v) is 4.06. The summed E-state index contributed by atoms with van der Waals surface area (Å²) in [5.74, 6) is 2.25. The van der Waals surface area contributed by atoms with Crippen LogP contribution in [0.15, 0.2) is 30.5 Å². The largest absolute Gasteiger partial charge is 0.360 e. The lowest BCUT2D eigenvalue weighted by atomic mass is 10.1. The van der Waals surface area contributed by atoms with Gasteiger partial charge in [0.15, 0.2) is 0 Å². The summed E-state index contributed by atoms with van der Waals surface area (Å²) in [6, 6.07) is 7.94. The summed E-state index contributed by atoms with van der Waals surface area (Å²) >= 11 is 1.92. The van der Waals surface area contributed by atoms with E-state index in [-0.39, 0.29) is 5.91 Å². The van der Waals surface area contributed by atoms with E-state index in [9.17, 15) is 4.79 Å². The second kappa shape index (κ2) is 4.45. The number of carbonyl (C=O) groups is 1. The predicted octanol–water partition coefficient (Wildman–Crippen LogP) is 2.36. The minimum absolute atomic E-state index is 0.155. The second-order valence-corrected chi connectivity index (χ2v) is 5.38. The summed E-state index contributed by atoms with van der Waals surface area (Å²) in [5, 5.41) is 1.02. The number of fused-ring (bicyclic) bond motifs is 1. The molecule has 0 saturated carbocycles. The van der Waals surface area contributed by atoms with Gasteiger partial charge < -0.3 is 9.88 Å². The van der Waals surface area contributed by atoms with Crippen molar-refractivity contribution in [2.45, 2.75) is 0 Å². The quantitative estimate of drug-likeness (QED) is 0.838. The van der Waals surface area contributed by atoms with Crippen molar-refractivity contribution in [1.82, 2.24) is 9.88 Å². The Bertz CT molecular complexity index is 543. The third kappa shape index (κ3) is 1.93. The van der Waals surface area contributed by atoms with Crippen LogP contribution in [0.25, 0.3) is 10.9 Å². The Balaban J connectivity index is 1.95. The normalized spacial score (nSPS) is 16.4. The summed E-state index contributed by atoms with van der Waals surface area (Å²) in [6.07, 6.45) is 1.83. The van der Waals surface area contributed by atoms with Crippen molar-refractivity contribution in [2.24, 2.45) is 0 Å². The fraction of sp³-hybridized carbons (Fsp3) is 0.308. The number of rotatable bonds is 1. The Hall–Kier alpha value is -1.42. The highest BCUT2D eigenvalue weighted by Gasteiger charge is 2.20. The molecule has 1 aliphatic rings. The Labute approximate surface area is 104 Å². The number of nitrogens with one attached hydrogen (secondary N) is 1. The van der Waals surface area contributed by atoms with Crippen molar-refractivity contribution in [3.05, 3.63) is 36.0 Å². The van der Waals surface area contributed by atoms with Crippen LogP contribution in [0.3, 0.4) is 0 Å². The Morgan fingerprint density at radius 3 is 2.82 bits per heavy atom. The highest BCUT2D eigenvalue weighted by Crippen LogP contribution is 2.20. The first-order valence-corrected chi connectivity index (χ1v) is 6.95. The van der Waals surface area contributed by atoms with Gasteiger partial charge in [-0.25, -0.2) is 0 Å². The van der Waals surface area contributed by atoms with Crippen molar-refractivity contribution >= 4 is 28.6 Å². The van der Waals surface area contributed by atoms with Crippen molar-refractivity contribution in [3.8, 4) is 0 Å². The van der Waals surface area contributed by atoms with Crippen LogP contribution >= 0.6 is 11.8 Å². The minimum atomic E-state index is 0.155. The molecular formula is C13H14N2OS. The van der Waals surface area contributed by atoms with Crippen LogP contribution in [0.4, 0.5) is 0 Å². The lowest BCUT2D eigenvalue weighted by Crippen LogP contribution is -2.37. The van der Waals surface area contributed by atoms with Crippen molar-refractivity contribution < 1.29 is 4.79 Å². The second-order valence-electron chi connectivity index (χ2n) is 4.15. The predicted molar refractivity (Wildman–Crippen MR) is 71.5 cm³/mol. The topological polar surface area (TPSA) is 36.1 Å². The lowest BCUT2D eigenvalue weighted by Gasteiger charge is -2.26. The molecule has 3 rings (SSSR count). The van der Waals surface area contributed by atoms with E-state index < -0.39 is 0 Å². The molecule has 1 amide bonds. The van der Waals surface area contributed by atoms with Gasteiger partial charge in [0.05, 0.1) is 5.56 Å². The standard InChI is InChI=1S/C13H14N2OS/c16-13(15-5-7-17-8-6-15)11-9-14-12-4-2-1-3-10(11)12/h1-4,9,14H,5-8H2. The number of para-hydroxylation sites is 1. The maximum atomic E-state index is 12.4. The van der Waals surface area contributed by atoms with Gasteiger partial charge >= 0.3 is 0 Å². The summed E-state index contributed by atoms with van der Waals surface area (Å²) in [5.41, 5.74) is 1.83. The smallest absolute Gasteiger partial charge is 0.256 e. The summed E-state index contributed by atoms with van der Waals surface area (Å²) in [7, 11) is 0. The molecule has 3 nitrogen and oxygen atoms in total. The molecule has 4 heteroatoms. The van der Waals surface area contributed by atoms with Crippen LogP contribution in [0.5, 0.6) is 0 Å². The molecule has 1 aromatic carbocycles. The van der Waals surface area contributed by atoms with Gasteiger partial charge in [-0.2, -0.15) is 11.8 Å². The van der Waals surface area contributed by atoms with E-state index in [0.29, 0.717) is 0 Å². The molecule has 1 aliphatic heterocycles. The molecule has 2 aromatic rings. The van der Waals surface area contributed by atoms with Gasteiger partial charge in [0.2, 0.25) is 0 Å². The van der Waals surface area contributed by atoms with E-state index in [1.54, 1.807) is 0 Å². The minimum Gasteiger partial charge on any atom is -0.360 e. The molecular weight excluding hydrogens is 232 g/mol. The number of aromatic amines is 1. The maximum Gasteiger partial charge on any atom is 0.256 e. The lowest BCUT2D eigenvalue weighted by molar-refractivity contribution is 0.0774. The van der Waals surface area contributed by atoms with E-state index in [1.165, 1.54) is 0 Å². The highest BCUT2D eigenvalue weighted by atomic mass is 32.2. The molecule has 0 aliphatic carbocycles. The number of amides is 1. The van der Waals surface area contributed by atoms with Crippen LogP contribution in [-0.2, 0) is 0 Å². The van der Waals surface area contributed by atoms with Crippen LogP contribution in [0.2, 0.25) is 0 Å². The first kappa shape index (κ1) is 10.7. The first-order chi connectivity index (χ1) is 8.36. The van der Waals surface area contributed by atoms with Gasteiger partial charge in [-0.1, -0.05) is 18.2 Å². The Kier molecular flexibility index (Phi) is 2.81. The molecule has 1 aromatic heterocycles. The average Bonchev–Trinajstić information content (AvgIpc) is 2.83. The third-order valence-electron chi connectivity index (χ3n) is 3.12. The summed E-state index contributed by atoms with van der Waals surface area (Å²) < 4.78 is 0. The van der Waals surface area contributed by atoms with Gasteiger partial charge in [-0.3, -0.25) is 4.79 Å². The fourth-order valence-corrected chi connectivity index (χ4v) is 3.09. The number of carbonyl (C=O) groups excluding carboxylic acids is 1. The van der Waals surface area contributed by atoms with Gasteiger partial charge in [-0.15, -0.1) is 0 Å². The molecule has 0 radical (unpaired) electrons. The van der Waals surface area contributed by atoms with E-state index >= 15 is 0 Å². The van der Waals surface area contributed by atoms with Crippen molar-refractivity contribution in [1.29, 1.82) is 0 Å². The molecule has 2 heterocycles. The monoisotopic (exact) mass is 246 g/mol. The number of nitrogens with zero attached hydrogens (tertiary/aromatic N) is 1. The van der Waals surface area contributed by atoms with Gasteiger partial charge in [0.25, 0.3) is 5.91 Å². The van der Waals surface area contributed by atoms with E-state index in [4.69, 9.17) is 0 Å². The highest BCUT2D eigenvalue weighted by molar-refractivity contribution is 7.99. The molecule has 0 bridgehead atoms. The molecule has 1 saturated heterocycles. The average molecular weight is 246 g/mol. The van der Waals surface area contributed by atoms with Crippen LogP contribution in [-0.4, -0.2) is 40.4 Å². The maximum absolute atomic E-state index is 12.4. The Morgan fingerprint density at radius 1 is 1.24 bits per heavy atom. The van der Waals surface area contributed by atoms with Crippen LogP contribution in [0.1, 0.15) is 10.4 Å². The summed E-state index contributed by atoms with van der Waals surface area (Å²) in [4.78, 5) is 17.5. The molecule has 0 spiro atoms. The first-order valence-electron chi connectivity index (χ1n) is 5.79. The number of hydrogen-bond acceptors (Lipinski definition) is 2. The Morgan fingerprint density at radius 2 is 2.00 bits per heavy atom. The molecule has 0 atom stereocenters. The number of benzene rings is 1. The number of aromatic nitrogens is 1. The van der Waals surface area contributed by atoms with Gasteiger partial charge in [0, 0.05) is 41.7 Å². The van der Waals surface area contributed by atoms with E-state index in [1.807, 2.05) is 47.1 Å². The van der Waals surface area contributed by atoms with Crippen molar-refractivity contribution in [3.63, 3.8) is 0 Å². The van der Waals surface area contributed by atoms with E-state index in [0.717, 1.165) is 41.1 Å². The summed E-state index contributed by atoms with van der Waals surface area (Å²) in [6.45, 7) is 1.73. The molecule has 17 heavy (non-hydrogen) atoms. The molecule has 1 N–H and O–H groups in total. The zero-order chi connectivity index (χ0) is 11.7. The molecule has 88 valence electrons. The van der Waals surface area contributed by atoms with E-state index in [2.05, 4.69) is 4.98 Å². The van der Waals surface area contributed by atoms with Crippen LogP contribution < -0.4 is 0 Å². The number of thioether (sulfide) groups is 1. The number of hydrogen-bond donors (Lipinski definition) is 1. The fourth-order valence-electron chi connectivity index (χ4n) is 2.19. The van der Waals surface area contributed by atoms with Crippen LogP contribution in [0, 0.1) is 0 Å². The van der Waals surface area contributed by atoms with Gasteiger partial charge in [-0.05, 0) is 6.07 Å². The SMILES string of the molecule is O=C(c1c[nH]c2ccccc12)N1CCSCC1. The number of H-pyrrole nitrogens is 1. The zero-order valence-corrected chi connectivity index (χ0v) is 10.3. The van der Waals surface area contributed by atoms with Gasteiger partial charge in [0.1, 0.15) is 0 Å². The molecule has 1 fully saturated rings. The molecule has 0 unspecified atom stereocenters. The van der Waals surface area contributed by atoms with Crippen molar-refractivity contribution in [2.75, 3.05) is 24.6 Å². The zero-order valence-electron chi connectivity index (χ0n) is 9.48.